The minimum Gasteiger partial charge on any atom is -0.490 e. The quantitative estimate of drug-likeness (QED) is 0.719. The summed E-state index contributed by atoms with van der Waals surface area (Å²) in [6.45, 7) is 4.30. The summed E-state index contributed by atoms with van der Waals surface area (Å²) in [5.41, 5.74) is 0.723. The minimum absolute atomic E-state index is 0.234. The molecule has 1 aromatic carbocycles. The van der Waals surface area contributed by atoms with Gasteiger partial charge >= 0.3 is 6.03 Å². The third-order valence-electron chi connectivity index (χ3n) is 4.05. The van der Waals surface area contributed by atoms with Gasteiger partial charge in [0.25, 0.3) is 0 Å². The fourth-order valence-electron chi connectivity index (χ4n) is 2.95. The monoisotopic (exact) mass is 320 g/mol. The van der Waals surface area contributed by atoms with Crippen molar-refractivity contribution >= 4 is 11.7 Å². The lowest BCUT2D eigenvalue weighted by atomic mass is 10.1. The van der Waals surface area contributed by atoms with E-state index in [-0.39, 0.29) is 18.1 Å². The van der Waals surface area contributed by atoms with Gasteiger partial charge in [0.1, 0.15) is 5.75 Å². The van der Waals surface area contributed by atoms with Crippen molar-refractivity contribution in [3.63, 3.8) is 0 Å². The van der Waals surface area contributed by atoms with Gasteiger partial charge in [-0.2, -0.15) is 0 Å². The molecule has 1 aliphatic carbocycles. The summed E-state index contributed by atoms with van der Waals surface area (Å²) < 4.78 is 5.94. The first kappa shape index (κ1) is 17.6. The van der Waals surface area contributed by atoms with Crippen molar-refractivity contribution in [2.45, 2.75) is 58.2 Å². The number of carbonyl (C=O) groups is 1. The number of nitrogens with one attached hydrogen (secondary N) is 2. The van der Waals surface area contributed by atoms with Crippen LogP contribution in [-0.2, 0) is 0 Å². The van der Waals surface area contributed by atoms with Crippen molar-refractivity contribution in [2.75, 3.05) is 11.9 Å². The molecule has 0 heterocycles. The Labute approximate surface area is 138 Å². The van der Waals surface area contributed by atoms with Gasteiger partial charge in [0.15, 0.2) is 0 Å². The largest absolute Gasteiger partial charge is 0.490 e. The molecule has 128 valence electrons. The first-order chi connectivity index (χ1) is 11.0. The van der Waals surface area contributed by atoms with Crippen LogP contribution in [0.25, 0.3) is 0 Å². The SMILES string of the molecule is CC(O)CC(C)CNC(=O)Nc1cccc(OC2CCCC2)c1. The molecule has 2 rings (SSSR count). The van der Waals surface area contributed by atoms with Gasteiger partial charge in [0.05, 0.1) is 12.2 Å². The average molecular weight is 320 g/mol. The summed E-state index contributed by atoms with van der Waals surface area (Å²) in [7, 11) is 0. The van der Waals surface area contributed by atoms with E-state index in [0.717, 1.165) is 24.3 Å². The molecular formula is C18H28N2O3. The minimum atomic E-state index is -0.348. The number of amides is 2. The van der Waals surface area contributed by atoms with Gasteiger partial charge in [-0.1, -0.05) is 13.0 Å². The zero-order valence-corrected chi connectivity index (χ0v) is 14.0. The highest BCUT2D eigenvalue weighted by Crippen LogP contribution is 2.25. The van der Waals surface area contributed by atoms with Crippen LogP contribution >= 0.6 is 0 Å². The zero-order valence-electron chi connectivity index (χ0n) is 14.0. The molecule has 1 fully saturated rings. The molecular weight excluding hydrogens is 292 g/mol. The predicted molar refractivity (Wildman–Crippen MR) is 91.8 cm³/mol. The second-order valence-corrected chi connectivity index (χ2v) is 6.58. The molecule has 2 amide bonds. The van der Waals surface area contributed by atoms with Crippen LogP contribution in [0, 0.1) is 5.92 Å². The van der Waals surface area contributed by atoms with Crippen molar-refractivity contribution in [2.24, 2.45) is 5.92 Å². The molecule has 2 atom stereocenters. The Bertz CT molecular complexity index is 499. The zero-order chi connectivity index (χ0) is 16.7. The van der Waals surface area contributed by atoms with Gasteiger partial charge in [0, 0.05) is 18.3 Å². The summed E-state index contributed by atoms with van der Waals surface area (Å²) in [4.78, 5) is 11.9. The highest BCUT2D eigenvalue weighted by molar-refractivity contribution is 5.89. The third-order valence-corrected chi connectivity index (χ3v) is 4.05. The number of aliphatic hydroxyl groups is 1. The molecule has 0 aliphatic heterocycles. The Morgan fingerprint density at radius 3 is 2.78 bits per heavy atom. The number of hydrogen-bond donors (Lipinski definition) is 3. The van der Waals surface area contributed by atoms with Crippen molar-refractivity contribution < 1.29 is 14.6 Å². The molecule has 23 heavy (non-hydrogen) atoms. The number of urea groups is 1. The van der Waals surface area contributed by atoms with Gasteiger partial charge in [-0.15, -0.1) is 0 Å². The molecule has 0 saturated heterocycles. The molecule has 0 aromatic heterocycles. The Kier molecular flexibility index (Phi) is 6.71. The van der Waals surface area contributed by atoms with E-state index in [2.05, 4.69) is 10.6 Å². The molecule has 1 aliphatic rings. The van der Waals surface area contributed by atoms with E-state index in [1.807, 2.05) is 31.2 Å². The van der Waals surface area contributed by atoms with Crippen LogP contribution < -0.4 is 15.4 Å². The van der Waals surface area contributed by atoms with Crippen LogP contribution in [0.2, 0.25) is 0 Å². The van der Waals surface area contributed by atoms with Crippen LogP contribution in [0.15, 0.2) is 24.3 Å². The van der Waals surface area contributed by atoms with Gasteiger partial charge < -0.3 is 20.5 Å². The Morgan fingerprint density at radius 2 is 2.09 bits per heavy atom. The summed E-state index contributed by atoms with van der Waals surface area (Å²) in [6, 6.07) is 7.28. The molecule has 3 N–H and O–H groups in total. The number of carbonyl (C=O) groups excluding carboxylic acids is 1. The van der Waals surface area contributed by atoms with Crippen molar-refractivity contribution in [1.29, 1.82) is 0 Å². The van der Waals surface area contributed by atoms with E-state index in [9.17, 15) is 9.90 Å². The van der Waals surface area contributed by atoms with Crippen LogP contribution in [0.1, 0.15) is 46.0 Å². The molecule has 1 saturated carbocycles. The highest BCUT2D eigenvalue weighted by Gasteiger charge is 2.16. The second-order valence-electron chi connectivity index (χ2n) is 6.58. The van der Waals surface area contributed by atoms with E-state index in [1.54, 1.807) is 6.92 Å². The maximum Gasteiger partial charge on any atom is 0.319 e. The lowest BCUT2D eigenvalue weighted by Crippen LogP contribution is -2.33. The topological polar surface area (TPSA) is 70.6 Å². The number of hydrogen-bond acceptors (Lipinski definition) is 3. The van der Waals surface area contributed by atoms with Crippen molar-refractivity contribution in [3.8, 4) is 5.75 Å². The van der Waals surface area contributed by atoms with Crippen LogP contribution in [0.4, 0.5) is 10.5 Å². The first-order valence-electron chi connectivity index (χ1n) is 8.52. The first-order valence-corrected chi connectivity index (χ1v) is 8.52. The van der Waals surface area contributed by atoms with Crippen LogP contribution in [0.3, 0.4) is 0 Å². The normalized spacial score (nSPS) is 17.5. The maximum absolute atomic E-state index is 11.9. The summed E-state index contributed by atoms with van der Waals surface area (Å²) >= 11 is 0. The molecule has 5 heteroatoms. The number of aliphatic hydroxyl groups excluding tert-OH is 1. The number of benzene rings is 1. The van der Waals surface area contributed by atoms with Gasteiger partial charge in [0.2, 0.25) is 0 Å². The van der Waals surface area contributed by atoms with Crippen LogP contribution in [0.5, 0.6) is 5.75 Å². The summed E-state index contributed by atoms with van der Waals surface area (Å²) in [5.74, 6) is 1.04. The number of rotatable bonds is 7. The Balaban J connectivity index is 1.78. The fraction of sp³-hybridized carbons (Fsp3) is 0.611. The molecule has 0 bridgehead atoms. The van der Waals surface area contributed by atoms with E-state index < -0.39 is 0 Å². The third kappa shape index (κ3) is 6.48. The molecule has 0 radical (unpaired) electrons. The highest BCUT2D eigenvalue weighted by atomic mass is 16.5. The van der Waals surface area contributed by atoms with E-state index in [4.69, 9.17) is 4.74 Å². The smallest absolute Gasteiger partial charge is 0.319 e. The standard InChI is InChI=1S/C18H28N2O3/c1-13(10-14(2)21)12-19-18(22)20-15-6-5-9-17(11-15)23-16-7-3-4-8-16/h5-6,9,11,13-14,16,21H,3-4,7-8,10,12H2,1-2H3,(H2,19,20,22). The Morgan fingerprint density at radius 1 is 1.35 bits per heavy atom. The van der Waals surface area contributed by atoms with Crippen LogP contribution in [-0.4, -0.2) is 29.9 Å². The van der Waals surface area contributed by atoms with Gasteiger partial charge in [-0.3, -0.25) is 0 Å². The summed E-state index contributed by atoms with van der Waals surface area (Å²) in [6.07, 6.45) is 5.31. The average Bonchev–Trinajstić information content (AvgIpc) is 2.98. The van der Waals surface area contributed by atoms with E-state index >= 15 is 0 Å². The van der Waals surface area contributed by atoms with E-state index in [1.165, 1.54) is 12.8 Å². The molecule has 5 nitrogen and oxygen atoms in total. The fourth-order valence-corrected chi connectivity index (χ4v) is 2.95. The lowest BCUT2D eigenvalue weighted by Gasteiger charge is -2.16. The second kappa shape index (κ2) is 8.77. The summed E-state index contributed by atoms with van der Waals surface area (Å²) in [5, 5.41) is 15.0. The molecule has 2 unspecified atom stereocenters. The van der Waals surface area contributed by atoms with Crippen molar-refractivity contribution in [1.82, 2.24) is 5.32 Å². The Hall–Kier alpha value is -1.75. The molecule has 0 spiro atoms. The number of ether oxygens (including phenoxy) is 1. The van der Waals surface area contributed by atoms with Gasteiger partial charge in [-0.25, -0.2) is 4.79 Å². The number of anilines is 1. The van der Waals surface area contributed by atoms with Crippen molar-refractivity contribution in [3.05, 3.63) is 24.3 Å². The molecule has 1 aromatic rings. The lowest BCUT2D eigenvalue weighted by molar-refractivity contribution is 0.163. The maximum atomic E-state index is 11.9. The predicted octanol–water partition coefficient (Wildman–Crippen LogP) is 3.54. The van der Waals surface area contributed by atoms with Gasteiger partial charge in [-0.05, 0) is 57.1 Å². The van der Waals surface area contributed by atoms with E-state index in [0.29, 0.717) is 19.1 Å².